The molecular weight excluding hydrogens is 266 g/mol. The van der Waals surface area contributed by atoms with Gasteiger partial charge in [0, 0.05) is 45.3 Å². The fraction of sp³-hybridized carbons (Fsp3) is 0.733. The molecule has 6 nitrogen and oxygen atoms in total. The average molecular weight is 291 g/mol. The largest absolute Gasteiger partial charge is 0.340 e. The van der Waals surface area contributed by atoms with Crippen LogP contribution in [0.4, 0.5) is 0 Å². The maximum absolute atomic E-state index is 12.2. The molecule has 21 heavy (non-hydrogen) atoms. The number of nitrogens with one attached hydrogen (secondary N) is 2. The first-order valence-electron chi connectivity index (χ1n) is 8.02. The molecule has 2 aliphatic rings. The third kappa shape index (κ3) is 3.83. The molecule has 6 heteroatoms. The van der Waals surface area contributed by atoms with Gasteiger partial charge >= 0.3 is 0 Å². The van der Waals surface area contributed by atoms with Gasteiger partial charge in [0.2, 0.25) is 5.91 Å². The summed E-state index contributed by atoms with van der Waals surface area (Å²) < 4.78 is 0. The second-order valence-electron chi connectivity index (χ2n) is 6.03. The van der Waals surface area contributed by atoms with Crippen LogP contribution in [-0.2, 0) is 4.79 Å². The number of aromatic amines is 1. The highest BCUT2D eigenvalue weighted by atomic mass is 16.2. The van der Waals surface area contributed by atoms with Crippen molar-refractivity contribution in [1.29, 1.82) is 0 Å². The van der Waals surface area contributed by atoms with E-state index >= 15 is 0 Å². The summed E-state index contributed by atoms with van der Waals surface area (Å²) in [6.07, 6.45) is 6.95. The molecule has 3 heterocycles. The van der Waals surface area contributed by atoms with Gasteiger partial charge in [-0.15, -0.1) is 0 Å². The molecule has 0 aromatic carbocycles. The van der Waals surface area contributed by atoms with Gasteiger partial charge in [0.1, 0.15) is 0 Å². The van der Waals surface area contributed by atoms with E-state index in [4.69, 9.17) is 0 Å². The fourth-order valence-electron chi connectivity index (χ4n) is 3.30. The Morgan fingerprint density at radius 1 is 1.24 bits per heavy atom. The van der Waals surface area contributed by atoms with Crippen LogP contribution in [0.15, 0.2) is 12.4 Å². The molecule has 2 N–H and O–H groups in total. The molecule has 2 fully saturated rings. The predicted octanol–water partition coefficient (Wildman–Crippen LogP) is 0.411. The van der Waals surface area contributed by atoms with Crippen LogP contribution < -0.4 is 5.32 Å². The molecule has 0 aliphatic carbocycles. The number of hydrogen-bond acceptors (Lipinski definition) is 4. The lowest BCUT2D eigenvalue weighted by Gasteiger charge is -2.32. The van der Waals surface area contributed by atoms with E-state index in [-0.39, 0.29) is 0 Å². The van der Waals surface area contributed by atoms with Crippen LogP contribution in [0.25, 0.3) is 0 Å². The topological polar surface area (TPSA) is 64.3 Å². The van der Waals surface area contributed by atoms with Gasteiger partial charge in [-0.3, -0.25) is 9.89 Å². The van der Waals surface area contributed by atoms with Gasteiger partial charge in [0.05, 0.1) is 6.20 Å². The summed E-state index contributed by atoms with van der Waals surface area (Å²) in [4.78, 5) is 16.6. The average Bonchev–Trinajstić information content (AvgIpc) is 3.08. The van der Waals surface area contributed by atoms with Crippen LogP contribution >= 0.6 is 0 Å². The van der Waals surface area contributed by atoms with Crippen LogP contribution in [0.3, 0.4) is 0 Å². The molecule has 0 unspecified atom stereocenters. The highest BCUT2D eigenvalue weighted by Crippen LogP contribution is 2.27. The minimum Gasteiger partial charge on any atom is -0.340 e. The van der Waals surface area contributed by atoms with E-state index in [2.05, 4.69) is 20.4 Å². The van der Waals surface area contributed by atoms with Gasteiger partial charge in [0.15, 0.2) is 0 Å². The monoisotopic (exact) mass is 291 g/mol. The second kappa shape index (κ2) is 7.04. The van der Waals surface area contributed by atoms with Crippen LogP contribution in [0, 0.1) is 0 Å². The molecule has 116 valence electrons. The molecule has 0 radical (unpaired) electrons. The number of piperazine rings is 1. The summed E-state index contributed by atoms with van der Waals surface area (Å²) in [6, 6.07) is 0. The van der Waals surface area contributed by atoms with E-state index in [1.807, 2.05) is 17.3 Å². The predicted molar refractivity (Wildman–Crippen MR) is 81.1 cm³/mol. The van der Waals surface area contributed by atoms with Gasteiger partial charge in [0.25, 0.3) is 0 Å². The third-order valence-corrected chi connectivity index (χ3v) is 4.69. The van der Waals surface area contributed by atoms with Crippen molar-refractivity contribution in [2.45, 2.75) is 25.2 Å². The summed E-state index contributed by atoms with van der Waals surface area (Å²) in [7, 11) is 0. The standard InChI is InChI=1S/C15H25N5O/c21-15(20-9-4-16-5-10-20)3-8-19-6-1-13(2-7-19)14-11-17-18-12-14/h11-13,16H,1-10H2,(H,17,18). The lowest BCUT2D eigenvalue weighted by atomic mass is 9.91. The SMILES string of the molecule is O=C(CCN1CCC(c2cn[nH]c2)CC1)N1CCNCC1. The minimum atomic E-state index is 0.313. The Morgan fingerprint density at radius 2 is 2.00 bits per heavy atom. The van der Waals surface area contributed by atoms with Crippen molar-refractivity contribution in [3.8, 4) is 0 Å². The first-order chi connectivity index (χ1) is 10.3. The number of rotatable bonds is 4. The zero-order chi connectivity index (χ0) is 14.5. The molecule has 1 amide bonds. The number of carbonyl (C=O) groups excluding carboxylic acids is 1. The first kappa shape index (κ1) is 14.5. The van der Waals surface area contributed by atoms with Crippen molar-refractivity contribution >= 4 is 5.91 Å². The molecule has 0 saturated carbocycles. The highest BCUT2D eigenvalue weighted by Gasteiger charge is 2.22. The van der Waals surface area contributed by atoms with Crippen LogP contribution in [0.2, 0.25) is 0 Å². The summed E-state index contributed by atoms with van der Waals surface area (Å²) in [6.45, 7) is 6.67. The molecule has 2 aliphatic heterocycles. The number of amides is 1. The van der Waals surface area contributed by atoms with Crippen molar-refractivity contribution in [1.82, 2.24) is 25.3 Å². The van der Waals surface area contributed by atoms with E-state index in [0.717, 1.165) is 45.8 Å². The smallest absolute Gasteiger partial charge is 0.223 e. The molecule has 0 spiro atoms. The minimum absolute atomic E-state index is 0.313. The molecule has 0 atom stereocenters. The van der Waals surface area contributed by atoms with Crippen molar-refractivity contribution in [2.75, 3.05) is 45.8 Å². The fourth-order valence-corrected chi connectivity index (χ4v) is 3.30. The normalized spacial score (nSPS) is 21.6. The van der Waals surface area contributed by atoms with E-state index < -0.39 is 0 Å². The molecule has 1 aromatic rings. The Kier molecular flexibility index (Phi) is 4.87. The van der Waals surface area contributed by atoms with Crippen molar-refractivity contribution in [3.63, 3.8) is 0 Å². The van der Waals surface area contributed by atoms with Gasteiger partial charge < -0.3 is 15.1 Å². The molecular formula is C15H25N5O. The summed E-state index contributed by atoms with van der Waals surface area (Å²) in [5, 5.41) is 10.2. The quantitative estimate of drug-likeness (QED) is 0.843. The molecule has 1 aromatic heterocycles. The second-order valence-corrected chi connectivity index (χ2v) is 6.03. The first-order valence-corrected chi connectivity index (χ1v) is 8.02. The lowest BCUT2D eigenvalue weighted by molar-refractivity contribution is -0.132. The van der Waals surface area contributed by atoms with E-state index in [0.29, 0.717) is 18.2 Å². The summed E-state index contributed by atoms with van der Waals surface area (Å²) in [5.74, 6) is 0.942. The number of likely N-dealkylation sites (tertiary alicyclic amines) is 1. The van der Waals surface area contributed by atoms with Crippen LogP contribution in [0.1, 0.15) is 30.7 Å². The third-order valence-electron chi connectivity index (χ3n) is 4.69. The summed E-state index contributed by atoms with van der Waals surface area (Å²) in [5.41, 5.74) is 1.33. The Hall–Kier alpha value is -1.40. The van der Waals surface area contributed by atoms with Crippen molar-refractivity contribution in [2.24, 2.45) is 0 Å². The maximum Gasteiger partial charge on any atom is 0.223 e. The number of piperidine rings is 1. The highest BCUT2D eigenvalue weighted by molar-refractivity contribution is 5.76. The zero-order valence-electron chi connectivity index (χ0n) is 12.6. The van der Waals surface area contributed by atoms with Crippen LogP contribution in [0.5, 0.6) is 0 Å². The van der Waals surface area contributed by atoms with E-state index in [1.54, 1.807) is 0 Å². The number of nitrogens with zero attached hydrogens (tertiary/aromatic N) is 3. The van der Waals surface area contributed by atoms with E-state index in [1.165, 1.54) is 18.4 Å². The van der Waals surface area contributed by atoms with Crippen molar-refractivity contribution < 1.29 is 4.79 Å². The Labute approximate surface area is 125 Å². The number of hydrogen-bond donors (Lipinski definition) is 2. The van der Waals surface area contributed by atoms with Gasteiger partial charge in [-0.05, 0) is 37.4 Å². The summed E-state index contributed by atoms with van der Waals surface area (Å²) >= 11 is 0. The maximum atomic E-state index is 12.2. The molecule has 0 bridgehead atoms. The number of H-pyrrole nitrogens is 1. The van der Waals surface area contributed by atoms with Crippen LogP contribution in [-0.4, -0.2) is 71.7 Å². The van der Waals surface area contributed by atoms with Gasteiger partial charge in [-0.25, -0.2) is 0 Å². The van der Waals surface area contributed by atoms with Gasteiger partial charge in [-0.1, -0.05) is 0 Å². The Morgan fingerprint density at radius 3 is 2.67 bits per heavy atom. The Bertz CT molecular complexity index is 433. The lowest BCUT2D eigenvalue weighted by Crippen LogP contribution is -2.47. The zero-order valence-corrected chi connectivity index (χ0v) is 12.6. The van der Waals surface area contributed by atoms with Gasteiger partial charge in [-0.2, -0.15) is 5.10 Å². The number of aromatic nitrogens is 2. The van der Waals surface area contributed by atoms with E-state index in [9.17, 15) is 4.79 Å². The number of carbonyl (C=O) groups is 1. The van der Waals surface area contributed by atoms with Crippen molar-refractivity contribution in [3.05, 3.63) is 18.0 Å². The molecule has 2 saturated heterocycles. The molecule has 3 rings (SSSR count). The Balaban J connectivity index is 1.38.